The number of nitrogens with one attached hydrogen (secondary N) is 3. The summed E-state index contributed by atoms with van der Waals surface area (Å²) in [5.41, 5.74) is 6.65. The van der Waals surface area contributed by atoms with Gasteiger partial charge in [0.05, 0.1) is 24.3 Å². The Kier molecular flexibility index (Phi) is 7.50. The normalized spacial score (nSPS) is 12.1. The molecule has 0 unspecified atom stereocenters. The number of rotatable bonds is 7. The number of hydrogen-bond acceptors (Lipinski definition) is 6. The van der Waals surface area contributed by atoms with E-state index in [1.54, 1.807) is 41.8 Å². The van der Waals surface area contributed by atoms with E-state index in [4.69, 9.17) is 16.6 Å². The van der Waals surface area contributed by atoms with Gasteiger partial charge in [0.1, 0.15) is 0 Å². The molecule has 3 heterocycles. The minimum atomic E-state index is -0.146. The van der Waals surface area contributed by atoms with Crippen molar-refractivity contribution in [2.75, 3.05) is 10.6 Å². The van der Waals surface area contributed by atoms with Crippen molar-refractivity contribution in [2.45, 2.75) is 26.3 Å². The van der Waals surface area contributed by atoms with Crippen LogP contribution in [0.3, 0.4) is 0 Å². The molecule has 3 aromatic carbocycles. The number of anilines is 3. The van der Waals surface area contributed by atoms with E-state index in [9.17, 15) is 9.59 Å². The molecule has 0 saturated carbocycles. The molecule has 0 bridgehead atoms. The van der Waals surface area contributed by atoms with Crippen LogP contribution in [0.25, 0.3) is 21.7 Å². The van der Waals surface area contributed by atoms with Crippen LogP contribution in [0.15, 0.2) is 85.1 Å². The number of aryl methyl sites for hydroxylation is 1. The summed E-state index contributed by atoms with van der Waals surface area (Å²) in [6, 6.07) is 25.1. The van der Waals surface area contributed by atoms with Crippen LogP contribution < -0.4 is 16.0 Å². The Labute approximate surface area is 246 Å². The van der Waals surface area contributed by atoms with Gasteiger partial charge in [0.25, 0.3) is 5.91 Å². The zero-order valence-corrected chi connectivity index (χ0v) is 23.8. The van der Waals surface area contributed by atoms with Gasteiger partial charge in [-0.1, -0.05) is 42.8 Å². The van der Waals surface area contributed by atoms with Crippen LogP contribution in [-0.2, 0) is 24.2 Å². The number of nitrogens with zero attached hydrogens (tertiary/aromatic N) is 2. The maximum absolute atomic E-state index is 12.8. The molecule has 41 heavy (non-hydrogen) atoms. The molecular formula is C32H26ClN5O2S. The Morgan fingerprint density at radius 3 is 2.68 bits per heavy atom. The lowest BCUT2D eigenvalue weighted by molar-refractivity contribution is -0.115. The molecule has 9 heteroatoms. The Bertz CT molecular complexity index is 1770. The maximum Gasteiger partial charge on any atom is 0.251 e. The number of fused-ring (bicyclic) bond motifs is 3. The average Bonchev–Trinajstić information content (AvgIpc) is 3.41. The number of aromatic nitrogens is 2. The highest BCUT2D eigenvalue weighted by Crippen LogP contribution is 2.35. The quantitative estimate of drug-likeness (QED) is 0.189. The van der Waals surface area contributed by atoms with E-state index in [-0.39, 0.29) is 18.2 Å². The second-order valence-corrected chi connectivity index (χ2v) is 11.2. The average molecular weight is 580 g/mol. The molecule has 3 N–H and O–H groups in total. The molecule has 0 spiro atoms. The summed E-state index contributed by atoms with van der Waals surface area (Å²) in [4.78, 5) is 36.6. The largest absolute Gasteiger partial charge is 0.347 e. The summed E-state index contributed by atoms with van der Waals surface area (Å²) < 4.78 is 0. The lowest BCUT2D eigenvalue weighted by Crippen LogP contribution is -2.22. The molecule has 6 rings (SSSR count). The number of amides is 2. The van der Waals surface area contributed by atoms with Crippen molar-refractivity contribution in [1.29, 1.82) is 0 Å². The van der Waals surface area contributed by atoms with Crippen LogP contribution in [0, 0.1) is 0 Å². The van der Waals surface area contributed by atoms with E-state index >= 15 is 0 Å². The summed E-state index contributed by atoms with van der Waals surface area (Å²) in [6.45, 7) is 2.62. The lowest BCUT2D eigenvalue weighted by Gasteiger charge is -2.11. The first-order valence-corrected chi connectivity index (χ1v) is 14.4. The van der Waals surface area contributed by atoms with E-state index in [1.807, 2.05) is 18.2 Å². The van der Waals surface area contributed by atoms with Crippen molar-refractivity contribution in [3.05, 3.63) is 112 Å². The van der Waals surface area contributed by atoms with E-state index in [0.717, 1.165) is 28.1 Å². The van der Waals surface area contributed by atoms with Crippen molar-refractivity contribution < 1.29 is 9.59 Å². The fraction of sp³-hybridized carbons (Fsp3) is 0.125. The zero-order valence-electron chi connectivity index (χ0n) is 22.2. The fourth-order valence-electron chi connectivity index (χ4n) is 4.81. The summed E-state index contributed by atoms with van der Waals surface area (Å²) >= 11 is 7.84. The van der Waals surface area contributed by atoms with E-state index in [0.29, 0.717) is 34.5 Å². The number of benzene rings is 3. The molecular weight excluding hydrogens is 554 g/mol. The topological polar surface area (TPSA) is 96.0 Å². The van der Waals surface area contributed by atoms with Gasteiger partial charge in [0, 0.05) is 43.4 Å². The molecule has 1 aliphatic heterocycles. The number of carbonyl (C=O) groups excluding carboxylic acids is 2. The number of hydrogen-bond donors (Lipinski definition) is 3. The van der Waals surface area contributed by atoms with Crippen LogP contribution in [0.4, 0.5) is 17.3 Å². The number of carbonyl (C=O) groups is 2. The van der Waals surface area contributed by atoms with Crippen LogP contribution in [0.2, 0.25) is 5.02 Å². The maximum atomic E-state index is 12.8. The summed E-state index contributed by atoms with van der Waals surface area (Å²) in [6.07, 6.45) is 2.81. The van der Waals surface area contributed by atoms with Gasteiger partial charge in [-0.2, -0.15) is 0 Å². The predicted molar refractivity (Wildman–Crippen MR) is 165 cm³/mol. The molecule has 2 aromatic heterocycles. The minimum Gasteiger partial charge on any atom is -0.347 e. The summed E-state index contributed by atoms with van der Waals surface area (Å²) in [7, 11) is 0. The van der Waals surface area contributed by atoms with E-state index < -0.39 is 0 Å². The second-order valence-electron chi connectivity index (χ2n) is 9.64. The van der Waals surface area contributed by atoms with Crippen LogP contribution in [0.1, 0.15) is 33.3 Å². The van der Waals surface area contributed by atoms with Gasteiger partial charge < -0.3 is 16.0 Å². The number of halogens is 1. The van der Waals surface area contributed by atoms with E-state index in [2.05, 4.69) is 64.3 Å². The van der Waals surface area contributed by atoms with Gasteiger partial charge in [-0.05, 0) is 72.1 Å². The Hall–Kier alpha value is -4.53. The molecule has 0 atom stereocenters. The van der Waals surface area contributed by atoms with Crippen molar-refractivity contribution >= 4 is 52.1 Å². The van der Waals surface area contributed by atoms with Crippen molar-refractivity contribution in [3.8, 4) is 21.7 Å². The van der Waals surface area contributed by atoms with Crippen LogP contribution in [-0.4, -0.2) is 21.8 Å². The molecule has 7 nitrogen and oxygen atoms in total. The predicted octanol–water partition coefficient (Wildman–Crippen LogP) is 7.26. The van der Waals surface area contributed by atoms with Crippen LogP contribution >= 0.6 is 22.9 Å². The molecule has 0 fully saturated rings. The van der Waals surface area contributed by atoms with Gasteiger partial charge >= 0.3 is 0 Å². The zero-order chi connectivity index (χ0) is 28.3. The third kappa shape index (κ3) is 5.84. The number of thiophene rings is 1. The molecule has 2 amide bonds. The first-order chi connectivity index (χ1) is 20.0. The molecule has 0 saturated heterocycles. The van der Waals surface area contributed by atoms with Gasteiger partial charge in [0.2, 0.25) is 11.9 Å². The smallest absolute Gasteiger partial charge is 0.251 e. The summed E-state index contributed by atoms with van der Waals surface area (Å²) in [5, 5.41) is 9.62. The Morgan fingerprint density at radius 2 is 1.85 bits per heavy atom. The highest BCUT2D eigenvalue weighted by Gasteiger charge is 2.21. The van der Waals surface area contributed by atoms with Crippen molar-refractivity contribution in [1.82, 2.24) is 15.3 Å². The molecule has 0 aliphatic carbocycles. The monoisotopic (exact) mass is 579 g/mol. The van der Waals surface area contributed by atoms with Gasteiger partial charge in [0.15, 0.2) is 0 Å². The third-order valence-electron chi connectivity index (χ3n) is 6.88. The van der Waals surface area contributed by atoms with Crippen molar-refractivity contribution in [3.63, 3.8) is 0 Å². The molecule has 0 radical (unpaired) electrons. The standard InChI is InChI=1S/C32H26ClN5O2S/c1-2-19-5-3-4-6-25(19)28-14-12-24(41-28)18-34-31(40)20-7-10-23(11-8-20)36-32-35-17-21-15-29(39)37-27-16-22(33)9-13-26(27)30(21)38-32/h3-14,16-17H,2,15,18H2,1H3,(H,34,40)(H,37,39)(H,35,36,38). The van der Waals surface area contributed by atoms with Gasteiger partial charge in [-0.25, -0.2) is 9.97 Å². The first-order valence-electron chi connectivity index (χ1n) is 13.2. The Balaban J connectivity index is 1.12. The third-order valence-corrected chi connectivity index (χ3v) is 8.23. The van der Waals surface area contributed by atoms with Crippen molar-refractivity contribution in [2.24, 2.45) is 0 Å². The van der Waals surface area contributed by atoms with Gasteiger partial charge in [-0.15, -0.1) is 11.3 Å². The molecule has 1 aliphatic rings. The lowest BCUT2D eigenvalue weighted by atomic mass is 10.0. The summed E-state index contributed by atoms with van der Waals surface area (Å²) in [5.74, 6) is 0.0929. The van der Waals surface area contributed by atoms with Crippen LogP contribution in [0.5, 0.6) is 0 Å². The molecule has 204 valence electrons. The minimum absolute atomic E-state index is 0.144. The highest BCUT2D eigenvalue weighted by molar-refractivity contribution is 7.15. The fourth-order valence-corrected chi connectivity index (χ4v) is 5.99. The van der Waals surface area contributed by atoms with E-state index in [1.165, 1.54) is 16.0 Å². The SMILES string of the molecule is CCc1ccccc1-c1ccc(CNC(=O)c2ccc(Nc3ncc4c(n3)-c3ccc(Cl)cc3NC(=O)C4)cc2)s1. The second kappa shape index (κ2) is 11.5. The first kappa shape index (κ1) is 26.7. The molecule has 5 aromatic rings. The Morgan fingerprint density at radius 1 is 1.02 bits per heavy atom. The van der Waals surface area contributed by atoms with Gasteiger partial charge in [-0.3, -0.25) is 9.59 Å². The highest BCUT2D eigenvalue weighted by atomic mass is 35.5.